The SMILES string of the molecule is CCC(C)(CC)C(=O)/C=C(\O)C(C)(CC)CC.[2H]c1cc2c3c(cc4c(CC(C)(C)C)cccc42)Oc2c([c-]c4cc(C)ccc4c2CC(C)(C)C)-c3n1.[2H]c1cc2c3c(cc4c(CC(C)(C)C)cccc42)Oc2c([c-]c4ccccc4c2CC(C)(C)C)-c3n1.[Ir]. The van der Waals surface area contributed by atoms with Gasteiger partial charge in [0.05, 0.1) is 14.2 Å². The fourth-order valence-corrected chi connectivity index (χ4v) is 12.9. The summed E-state index contributed by atoms with van der Waals surface area (Å²) in [5.74, 6) is 3.62. The number of carbonyl (C=O) groups is 1. The first-order valence-electron chi connectivity index (χ1n) is 33.1. The molecule has 12 rings (SSSR count). The number of fused-ring (bicyclic) bond motifs is 10. The monoisotopic (exact) mass is 1370 g/mol. The average Bonchev–Trinajstić information content (AvgIpc) is 0.728. The quantitative estimate of drug-likeness (QED) is 0.0601. The van der Waals surface area contributed by atoms with Crippen molar-refractivity contribution in [1.82, 2.24) is 9.97 Å². The maximum atomic E-state index is 12.2. The Bertz CT molecular complexity index is 4500. The first kappa shape index (κ1) is 63.6. The van der Waals surface area contributed by atoms with Crippen LogP contribution in [-0.4, -0.2) is 20.9 Å². The van der Waals surface area contributed by atoms with Crippen molar-refractivity contribution in [3.63, 3.8) is 0 Å². The normalized spacial score (nSPS) is 13.6. The molecule has 6 nitrogen and oxygen atoms in total. The minimum Gasteiger partial charge on any atom is -0.512 e. The molecular weight excluding hydrogens is 1270 g/mol. The van der Waals surface area contributed by atoms with Crippen LogP contribution in [0.2, 0.25) is 0 Å². The van der Waals surface area contributed by atoms with E-state index in [2.05, 4.69) is 193 Å². The summed E-state index contributed by atoms with van der Waals surface area (Å²) >= 11 is 0. The molecule has 10 aromatic rings. The molecule has 0 atom stereocenters. The second-order valence-electron chi connectivity index (χ2n) is 30.6. The Morgan fingerprint density at radius 1 is 0.494 bits per heavy atom. The third-order valence-electron chi connectivity index (χ3n) is 18.4. The average molecular weight is 1370 g/mol. The molecule has 2 aliphatic rings. The van der Waals surface area contributed by atoms with E-state index in [-0.39, 0.29) is 76.5 Å². The number of rotatable bonds is 11. The maximum absolute atomic E-state index is 12.2. The molecule has 2 aromatic heterocycles. The summed E-state index contributed by atoms with van der Waals surface area (Å²) in [7, 11) is 0. The molecule has 0 bridgehead atoms. The van der Waals surface area contributed by atoms with Crippen molar-refractivity contribution < 1.29 is 42.2 Å². The number of aliphatic hydroxyl groups is 1. The number of pyridine rings is 2. The molecule has 0 fully saturated rings. The minimum absolute atomic E-state index is 0. The van der Waals surface area contributed by atoms with Crippen LogP contribution in [-0.2, 0) is 50.6 Å². The predicted molar refractivity (Wildman–Crippen MR) is 373 cm³/mol. The molecule has 0 spiro atoms. The summed E-state index contributed by atoms with van der Waals surface area (Å²) in [6.07, 6.45) is 8.95. The number of nitrogens with zero attached hydrogens (tertiary/aromatic N) is 2. The van der Waals surface area contributed by atoms with E-state index in [9.17, 15) is 9.90 Å². The van der Waals surface area contributed by atoms with Crippen LogP contribution >= 0.6 is 0 Å². The van der Waals surface area contributed by atoms with Gasteiger partial charge in [-0.2, -0.15) is 0 Å². The van der Waals surface area contributed by atoms with Crippen molar-refractivity contribution in [3.05, 3.63) is 167 Å². The molecular formula is C82H94IrN2O4-2. The fourth-order valence-electron chi connectivity index (χ4n) is 12.9. The molecule has 0 unspecified atom stereocenters. The molecule has 8 aromatic carbocycles. The summed E-state index contributed by atoms with van der Waals surface area (Å²) < 4.78 is 31.0. The molecule has 1 radical (unpaired) electrons. The van der Waals surface area contributed by atoms with E-state index >= 15 is 0 Å². The largest absolute Gasteiger partial charge is 0.512 e. The van der Waals surface area contributed by atoms with Crippen LogP contribution in [0.3, 0.4) is 0 Å². The molecule has 0 aliphatic carbocycles. The molecule has 1 N–H and O–H groups in total. The van der Waals surface area contributed by atoms with E-state index in [1.54, 1.807) is 0 Å². The third-order valence-corrected chi connectivity index (χ3v) is 18.4. The van der Waals surface area contributed by atoms with Crippen molar-refractivity contribution >= 4 is 70.4 Å². The first-order chi connectivity index (χ1) is 42.2. The van der Waals surface area contributed by atoms with Crippen molar-refractivity contribution in [1.29, 1.82) is 0 Å². The van der Waals surface area contributed by atoms with Crippen molar-refractivity contribution in [2.75, 3.05) is 0 Å². The van der Waals surface area contributed by atoms with E-state index in [0.717, 1.165) is 140 Å². The van der Waals surface area contributed by atoms with Gasteiger partial charge in [-0.3, -0.25) is 14.8 Å². The minimum atomic E-state index is -0.337. The van der Waals surface area contributed by atoms with Crippen LogP contribution in [0, 0.1) is 51.5 Å². The Labute approximate surface area is 547 Å². The molecule has 0 saturated heterocycles. The summed E-state index contributed by atoms with van der Waals surface area (Å²) in [5, 5.41) is 23.3. The number of aryl methyl sites for hydroxylation is 1. The number of ether oxygens (including phenoxy) is 2. The van der Waals surface area contributed by atoms with Crippen LogP contribution in [0.25, 0.3) is 87.1 Å². The standard InChI is InChI=1S/C34H34NO.C33H32NO.C15H28O2.Ir/c1-20-11-12-23-22(15-20)16-27-31-30-25(13-14-35-31)24-10-8-9-21(18-33(2,3)4)26(24)17-29(30)36-32(27)28(23)19-34(5,6)7;1-32(2,3)18-21-11-9-13-23-24-14-15-34-30-26-16-20-10-7-8-12-22(20)27(19-33(4,5)6)31(26)35-28(29(24)30)17-25(21)23;1-7-14(5,8-2)12(16)11-13(17)15(6,9-3)10-4;/h8-15,17H,18-19H2,1-7H3;7-15,17H,18-19H2,1-6H3;11,16H,7-10H2,1-6H3;/q2*-1;;/b;;12-11-;/i14D;15D;;. The van der Waals surface area contributed by atoms with E-state index in [0.29, 0.717) is 0 Å². The fraction of sp³-hybridized carbons (Fsp3) is 0.402. The molecule has 2 aliphatic heterocycles. The van der Waals surface area contributed by atoms with Gasteiger partial charge in [-0.1, -0.05) is 230 Å². The Morgan fingerprint density at radius 3 is 1.35 bits per heavy atom. The number of allylic oxidation sites excluding steroid dienone is 2. The topological polar surface area (TPSA) is 81.5 Å². The Kier molecular flexibility index (Phi) is 17.9. The van der Waals surface area contributed by atoms with Crippen LogP contribution in [0.1, 0.15) is 181 Å². The zero-order chi connectivity index (χ0) is 65.4. The first-order valence-corrected chi connectivity index (χ1v) is 32.1. The summed E-state index contributed by atoms with van der Waals surface area (Å²) in [4.78, 5) is 21.7. The van der Waals surface area contributed by atoms with E-state index in [4.69, 9.17) is 22.2 Å². The second kappa shape index (κ2) is 25.0. The smallest absolute Gasteiger partial charge is 0.164 e. The Morgan fingerprint density at radius 2 is 0.910 bits per heavy atom. The second-order valence-corrected chi connectivity index (χ2v) is 30.6. The summed E-state index contributed by atoms with van der Waals surface area (Å²) in [6, 6.07) is 43.5. The van der Waals surface area contributed by atoms with Crippen LogP contribution < -0.4 is 9.47 Å². The van der Waals surface area contributed by atoms with Crippen molar-refractivity contribution in [3.8, 4) is 45.5 Å². The van der Waals surface area contributed by atoms with Gasteiger partial charge >= 0.3 is 0 Å². The van der Waals surface area contributed by atoms with Gasteiger partial charge in [-0.25, -0.2) is 0 Å². The number of aromatic nitrogens is 2. The molecule has 0 saturated carbocycles. The van der Waals surface area contributed by atoms with Crippen LogP contribution in [0.5, 0.6) is 23.0 Å². The van der Waals surface area contributed by atoms with Gasteiger partial charge in [0.15, 0.2) is 5.78 Å². The van der Waals surface area contributed by atoms with E-state index in [1.807, 2.05) is 53.7 Å². The van der Waals surface area contributed by atoms with Gasteiger partial charge in [0.2, 0.25) is 0 Å². The van der Waals surface area contributed by atoms with Gasteiger partial charge in [-0.05, 0) is 148 Å². The molecule has 4 heterocycles. The number of hydrogen-bond donors (Lipinski definition) is 1. The van der Waals surface area contributed by atoms with Crippen molar-refractivity contribution in [2.45, 2.75) is 183 Å². The Balaban J connectivity index is 0.000000172. The zero-order valence-electron chi connectivity index (χ0n) is 58.4. The molecule has 89 heavy (non-hydrogen) atoms. The van der Waals surface area contributed by atoms with Gasteiger partial charge < -0.3 is 14.6 Å². The van der Waals surface area contributed by atoms with Gasteiger partial charge in [0.25, 0.3) is 0 Å². The number of benzene rings is 8. The van der Waals surface area contributed by atoms with Gasteiger partial charge in [0.1, 0.15) is 17.3 Å². The zero-order valence-corrected chi connectivity index (χ0v) is 58.8. The molecule has 0 amide bonds. The number of hydrogen-bond acceptors (Lipinski definition) is 6. The van der Waals surface area contributed by atoms with Crippen molar-refractivity contribution in [2.24, 2.45) is 32.5 Å². The molecule has 467 valence electrons. The maximum Gasteiger partial charge on any atom is 0.164 e. The third kappa shape index (κ3) is 13.6. The van der Waals surface area contributed by atoms with Gasteiger partial charge in [-0.15, -0.1) is 35.0 Å². The molecule has 7 heteroatoms. The number of aliphatic hydroxyl groups excluding tert-OH is 1. The number of ketones is 1. The summed E-state index contributed by atoms with van der Waals surface area (Å²) in [5.41, 5.74) is 9.38. The van der Waals surface area contributed by atoms with E-state index < -0.39 is 0 Å². The van der Waals surface area contributed by atoms with Gasteiger partial charge in [0, 0.05) is 71.5 Å². The number of carbonyl (C=O) groups excluding carboxylic acids is 1. The summed E-state index contributed by atoms with van der Waals surface area (Å²) in [6.45, 7) is 41.4. The van der Waals surface area contributed by atoms with Crippen LogP contribution in [0.4, 0.5) is 0 Å². The predicted octanol–water partition coefficient (Wildman–Crippen LogP) is 23.5. The van der Waals surface area contributed by atoms with E-state index in [1.165, 1.54) is 55.4 Å². The Hall–Kier alpha value is -6.92. The van der Waals surface area contributed by atoms with Crippen LogP contribution in [0.15, 0.2) is 127 Å².